The normalized spacial score (nSPS) is 12.3. The van der Waals surface area contributed by atoms with Crippen LogP contribution in [0.5, 0.6) is 0 Å². The van der Waals surface area contributed by atoms with Crippen molar-refractivity contribution in [2.45, 2.75) is 26.8 Å². The molecule has 1 unspecified atom stereocenters. The summed E-state index contributed by atoms with van der Waals surface area (Å²) in [6, 6.07) is 12.0. The maximum Gasteiger partial charge on any atom is 0.251 e. The first-order valence-corrected chi connectivity index (χ1v) is 8.19. The summed E-state index contributed by atoms with van der Waals surface area (Å²) in [5.74, 6) is 0.593. The fourth-order valence-electron chi connectivity index (χ4n) is 2.68. The molecule has 0 bridgehead atoms. The van der Waals surface area contributed by atoms with Gasteiger partial charge in [-0.3, -0.25) is 14.0 Å². The Hall–Kier alpha value is -3.02. The van der Waals surface area contributed by atoms with E-state index in [1.165, 1.54) is 6.92 Å². The zero-order valence-electron chi connectivity index (χ0n) is 14.4. The fourth-order valence-corrected chi connectivity index (χ4v) is 2.68. The highest BCUT2D eigenvalue weighted by molar-refractivity contribution is 5.97. The number of hydrogen-bond donors (Lipinski definition) is 1. The van der Waals surface area contributed by atoms with Crippen LogP contribution in [0.3, 0.4) is 0 Å². The minimum Gasteiger partial charge on any atom is -0.342 e. The van der Waals surface area contributed by atoms with Gasteiger partial charge in [-0.1, -0.05) is 32.0 Å². The van der Waals surface area contributed by atoms with Crippen molar-refractivity contribution in [3.8, 4) is 0 Å². The molecule has 0 spiro atoms. The number of ketones is 1. The molecule has 6 heteroatoms. The predicted molar refractivity (Wildman–Crippen MR) is 94.5 cm³/mol. The Morgan fingerprint density at radius 3 is 2.32 bits per heavy atom. The highest BCUT2D eigenvalue weighted by Gasteiger charge is 2.24. The van der Waals surface area contributed by atoms with Crippen molar-refractivity contribution in [3.63, 3.8) is 0 Å². The monoisotopic (exact) mass is 336 g/mol. The van der Waals surface area contributed by atoms with Crippen LogP contribution in [0.4, 0.5) is 0 Å². The Kier molecular flexibility index (Phi) is 4.61. The number of hydrogen-bond acceptors (Lipinski definition) is 4. The van der Waals surface area contributed by atoms with E-state index in [9.17, 15) is 9.59 Å². The zero-order valence-corrected chi connectivity index (χ0v) is 14.4. The minimum absolute atomic E-state index is 0.0260. The number of nitrogens with one attached hydrogen (secondary N) is 1. The predicted octanol–water partition coefficient (Wildman–Crippen LogP) is 3.06. The van der Waals surface area contributed by atoms with Gasteiger partial charge < -0.3 is 5.32 Å². The Morgan fingerprint density at radius 2 is 1.68 bits per heavy atom. The van der Waals surface area contributed by atoms with Gasteiger partial charge in [0.1, 0.15) is 0 Å². The lowest BCUT2D eigenvalue weighted by Gasteiger charge is -2.21. The van der Waals surface area contributed by atoms with Crippen molar-refractivity contribution in [2.75, 3.05) is 0 Å². The molecule has 25 heavy (non-hydrogen) atoms. The maximum absolute atomic E-state index is 12.6. The summed E-state index contributed by atoms with van der Waals surface area (Å²) in [6.07, 6.45) is 1.88. The molecule has 0 fully saturated rings. The van der Waals surface area contributed by atoms with Crippen LogP contribution in [0.1, 0.15) is 53.4 Å². The lowest BCUT2D eigenvalue weighted by molar-refractivity contribution is 0.0921. The molecule has 0 aliphatic heterocycles. The third kappa shape index (κ3) is 3.42. The van der Waals surface area contributed by atoms with Gasteiger partial charge in [0.05, 0.1) is 6.04 Å². The van der Waals surface area contributed by atoms with E-state index in [0.717, 1.165) is 5.65 Å². The Bertz CT molecular complexity index is 913. The zero-order chi connectivity index (χ0) is 18.0. The third-order valence-corrected chi connectivity index (χ3v) is 4.13. The van der Waals surface area contributed by atoms with E-state index in [1.807, 2.05) is 42.6 Å². The molecule has 1 atom stereocenters. The van der Waals surface area contributed by atoms with Gasteiger partial charge in [-0.15, -0.1) is 10.2 Å². The number of Topliss-reactive ketones (excluding diaryl/α,β-unsaturated/α-hetero) is 1. The van der Waals surface area contributed by atoms with Crippen molar-refractivity contribution < 1.29 is 9.59 Å². The average molecular weight is 336 g/mol. The lowest BCUT2D eigenvalue weighted by Crippen LogP contribution is -2.33. The molecule has 0 radical (unpaired) electrons. The van der Waals surface area contributed by atoms with E-state index in [1.54, 1.807) is 24.3 Å². The van der Waals surface area contributed by atoms with Crippen LogP contribution in [0.25, 0.3) is 5.65 Å². The summed E-state index contributed by atoms with van der Waals surface area (Å²) in [7, 11) is 0. The van der Waals surface area contributed by atoms with Crippen LogP contribution >= 0.6 is 0 Å². The first-order valence-electron chi connectivity index (χ1n) is 8.19. The topological polar surface area (TPSA) is 76.4 Å². The summed E-state index contributed by atoms with van der Waals surface area (Å²) in [6.45, 7) is 5.54. The molecule has 3 aromatic rings. The molecule has 0 saturated heterocycles. The van der Waals surface area contributed by atoms with Gasteiger partial charge in [0.2, 0.25) is 0 Å². The van der Waals surface area contributed by atoms with Crippen LogP contribution < -0.4 is 5.32 Å². The highest BCUT2D eigenvalue weighted by Crippen LogP contribution is 2.21. The Balaban J connectivity index is 1.87. The molecule has 1 aromatic carbocycles. The lowest BCUT2D eigenvalue weighted by atomic mass is 10.0. The van der Waals surface area contributed by atoms with Crippen molar-refractivity contribution >= 4 is 17.3 Å². The second-order valence-electron chi connectivity index (χ2n) is 6.32. The van der Waals surface area contributed by atoms with E-state index in [-0.39, 0.29) is 23.7 Å². The van der Waals surface area contributed by atoms with E-state index < -0.39 is 0 Å². The van der Waals surface area contributed by atoms with Crippen molar-refractivity contribution in [3.05, 3.63) is 65.6 Å². The van der Waals surface area contributed by atoms with Gasteiger partial charge >= 0.3 is 0 Å². The minimum atomic E-state index is -0.280. The number of amides is 1. The SMILES string of the molecule is CC(=O)c1ccc(C(=O)NC(c2nnc3ccccn23)C(C)C)cc1. The highest BCUT2D eigenvalue weighted by atomic mass is 16.1. The van der Waals surface area contributed by atoms with Crippen LogP contribution in [-0.4, -0.2) is 26.3 Å². The van der Waals surface area contributed by atoms with Crippen molar-refractivity contribution in [2.24, 2.45) is 5.92 Å². The van der Waals surface area contributed by atoms with Gasteiger partial charge in [-0.25, -0.2) is 0 Å². The van der Waals surface area contributed by atoms with Crippen LogP contribution in [0.2, 0.25) is 0 Å². The van der Waals surface area contributed by atoms with Gasteiger partial charge in [-0.05, 0) is 37.1 Å². The second kappa shape index (κ2) is 6.84. The van der Waals surface area contributed by atoms with E-state index >= 15 is 0 Å². The molecule has 0 aliphatic rings. The molecular weight excluding hydrogens is 316 g/mol. The molecule has 0 saturated carbocycles. The van der Waals surface area contributed by atoms with Gasteiger partial charge in [-0.2, -0.15) is 0 Å². The second-order valence-corrected chi connectivity index (χ2v) is 6.32. The molecule has 2 heterocycles. The molecule has 128 valence electrons. The van der Waals surface area contributed by atoms with Gasteiger partial charge in [0.25, 0.3) is 5.91 Å². The summed E-state index contributed by atoms with van der Waals surface area (Å²) < 4.78 is 1.88. The first-order chi connectivity index (χ1) is 12.0. The van der Waals surface area contributed by atoms with E-state index in [4.69, 9.17) is 0 Å². The standard InChI is InChI=1S/C19H20N4O2/c1-12(2)17(18-22-21-16-6-4-5-11-23(16)18)20-19(25)15-9-7-14(8-10-15)13(3)24/h4-12,17H,1-3H3,(H,20,25). The summed E-state index contributed by atoms with van der Waals surface area (Å²) >= 11 is 0. The Morgan fingerprint density at radius 1 is 1.00 bits per heavy atom. The maximum atomic E-state index is 12.6. The molecule has 1 N–H and O–H groups in total. The smallest absolute Gasteiger partial charge is 0.251 e. The molecule has 0 aliphatic carbocycles. The summed E-state index contributed by atoms with van der Waals surface area (Å²) in [4.78, 5) is 24.0. The van der Waals surface area contributed by atoms with Gasteiger partial charge in [0, 0.05) is 17.3 Å². The summed E-state index contributed by atoms with van der Waals surface area (Å²) in [5.41, 5.74) is 1.83. The van der Waals surface area contributed by atoms with E-state index in [0.29, 0.717) is 17.0 Å². The molecule has 3 rings (SSSR count). The van der Waals surface area contributed by atoms with Crippen molar-refractivity contribution in [1.82, 2.24) is 19.9 Å². The van der Waals surface area contributed by atoms with Gasteiger partial charge in [0.15, 0.2) is 17.3 Å². The number of carbonyl (C=O) groups excluding carboxylic acids is 2. The third-order valence-electron chi connectivity index (χ3n) is 4.13. The number of pyridine rings is 1. The number of nitrogens with zero attached hydrogens (tertiary/aromatic N) is 3. The van der Waals surface area contributed by atoms with E-state index in [2.05, 4.69) is 15.5 Å². The summed E-state index contributed by atoms with van der Waals surface area (Å²) in [5, 5.41) is 11.4. The van der Waals surface area contributed by atoms with Crippen LogP contribution in [0.15, 0.2) is 48.7 Å². The molecule has 2 aromatic heterocycles. The molecule has 6 nitrogen and oxygen atoms in total. The number of fused-ring (bicyclic) bond motifs is 1. The molecular formula is C19H20N4O2. The largest absolute Gasteiger partial charge is 0.342 e. The number of carbonyl (C=O) groups is 2. The molecule has 1 amide bonds. The first kappa shape index (κ1) is 16.8. The van der Waals surface area contributed by atoms with Crippen LogP contribution in [-0.2, 0) is 0 Å². The Labute approximate surface area is 145 Å². The van der Waals surface area contributed by atoms with Crippen molar-refractivity contribution in [1.29, 1.82) is 0 Å². The fraction of sp³-hybridized carbons (Fsp3) is 0.263. The number of benzene rings is 1. The van der Waals surface area contributed by atoms with Crippen LogP contribution in [0, 0.1) is 5.92 Å². The number of rotatable bonds is 5. The average Bonchev–Trinajstić information content (AvgIpc) is 3.03. The quantitative estimate of drug-likeness (QED) is 0.727. The number of aromatic nitrogens is 3.